The van der Waals surface area contributed by atoms with E-state index in [4.69, 9.17) is 0 Å². The number of hydrogen-bond acceptors (Lipinski definition) is 1. The fourth-order valence-electron chi connectivity index (χ4n) is 1.45. The van der Waals surface area contributed by atoms with Crippen LogP contribution in [0.4, 0.5) is 13.2 Å². The normalized spacial score (nSPS) is 12.0. The van der Waals surface area contributed by atoms with Gasteiger partial charge in [-0.2, -0.15) is 13.2 Å². The van der Waals surface area contributed by atoms with Crippen molar-refractivity contribution in [1.29, 1.82) is 0 Å². The highest BCUT2D eigenvalue weighted by Gasteiger charge is 2.32. The Hall–Kier alpha value is -1.30. The first-order chi connectivity index (χ1) is 7.41. The van der Waals surface area contributed by atoms with E-state index in [9.17, 15) is 18.0 Å². The van der Waals surface area contributed by atoms with Gasteiger partial charge in [0.2, 0.25) is 0 Å². The van der Waals surface area contributed by atoms with Crippen molar-refractivity contribution >= 4 is 21.4 Å². The summed E-state index contributed by atoms with van der Waals surface area (Å²) in [5, 5.41) is 0. The number of hydrogen-bond donors (Lipinski definition) is 0. The molecule has 6 heteroatoms. The Labute approximate surface area is 96.5 Å². The Morgan fingerprint density at radius 1 is 1.19 bits per heavy atom. The molecule has 2 aromatic heterocycles. The Balaban J connectivity index is 2.91. The van der Waals surface area contributed by atoms with Crippen molar-refractivity contribution in [3.63, 3.8) is 0 Å². The van der Waals surface area contributed by atoms with Gasteiger partial charge in [0.15, 0.2) is 0 Å². The van der Waals surface area contributed by atoms with Gasteiger partial charge in [0.1, 0.15) is 0 Å². The van der Waals surface area contributed by atoms with E-state index in [2.05, 4.69) is 15.9 Å². The van der Waals surface area contributed by atoms with Gasteiger partial charge in [-0.15, -0.1) is 0 Å². The first-order valence-corrected chi connectivity index (χ1v) is 5.07. The minimum atomic E-state index is -4.47. The van der Waals surface area contributed by atoms with Gasteiger partial charge in [0.05, 0.1) is 15.6 Å². The van der Waals surface area contributed by atoms with Crippen LogP contribution in [0.2, 0.25) is 0 Å². The topological polar surface area (TPSA) is 21.5 Å². The van der Waals surface area contributed by atoms with Crippen LogP contribution in [0.15, 0.2) is 39.7 Å². The highest BCUT2D eigenvalue weighted by molar-refractivity contribution is 9.10. The molecule has 0 aromatic carbocycles. The second kappa shape index (κ2) is 3.62. The summed E-state index contributed by atoms with van der Waals surface area (Å²) in [4.78, 5) is 11.6. The molecular formula is C10H5BrF3NO. The molecule has 0 aliphatic heterocycles. The molecule has 0 saturated carbocycles. The van der Waals surface area contributed by atoms with Crippen molar-refractivity contribution in [2.24, 2.45) is 0 Å². The summed E-state index contributed by atoms with van der Waals surface area (Å²) in [5.74, 6) is 0. The predicted molar refractivity (Wildman–Crippen MR) is 56.4 cm³/mol. The Morgan fingerprint density at radius 3 is 2.50 bits per heavy atom. The molecule has 0 spiro atoms. The monoisotopic (exact) mass is 291 g/mol. The van der Waals surface area contributed by atoms with Gasteiger partial charge in [-0.1, -0.05) is 0 Å². The van der Waals surface area contributed by atoms with E-state index in [-0.39, 0.29) is 9.99 Å². The fourth-order valence-corrected chi connectivity index (χ4v) is 1.77. The molecule has 0 aliphatic rings. The second-order valence-corrected chi connectivity index (χ2v) is 4.02. The average Bonchev–Trinajstić information content (AvgIpc) is 2.21. The highest BCUT2D eigenvalue weighted by Crippen LogP contribution is 2.31. The van der Waals surface area contributed by atoms with Crippen molar-refractivity contribution < 1.29 is 13.2 Å². The lowest BCUT2D eigenvalue weighted by molar-refractivity contribution is -0.136. The maximum atomic E-state index is 12.6. The Kier molecular flexibility index (Phi) is 2.53. The summed E-state index contributed by atoms with van der Waals surface area (Å²) in [5.41, 5.74) is -1.48. The largest absolute Gasteiger partial charge is 0.418 e. The molecule has 0 bridgehead atoms. The van der Waals surface area contributed by atoms with E-state index in [1.54, 1.807) is 0 Å². The van der Waals surface area contributed by atoms with Crippen LogP contribution in [0, 0.1) is 0 Å². The summed E-state index contributed by atoms with van der Waals surface area (Å²) in [6.45, 7) is 0. The number of alkyl halides is 3. The fraction of sp³-hybridized carbons (Fsp3) is 0.100. The van der Waals surface area contributed by atoms with Crippen molar-refractivity contribution in [3.8, 4) is 0 Å². The van der Waals surface area contributed by atoms with Crippen molar-refractivity contribution in [2.75, 3.05) is 0 Å². The summed E-state index contributed by atoms with van der Waals surface area (Å²) < 4.78 is 39.1. The molecule has 2 aromatic rings. The molecule has 2 rings (SSSR count). The Bertz CT molecular complexity index is 603. The van der Waals surface area contributed by atoms with Crippen LogP contribution < -0.4 is 5.56 Å². The molecule has 0 atom stereocenters. The van der Waals surface area contributed by atoms with Crippen molar-refractivity contribution in [2.45, 2.75) is 6.18 Å². The number of aromatic nitrogens is 1. The van der Waals surface area contributed by atoms with E-state index in [1.165, 1.54) is 24.4 Å². The van der Waals surface area contributed by atoms with Crippen molar-refractivity contribution in [3.05, 3.63) is 50.9 Å². The number of halogens is 4. The summed E-state index contributed by atoms with van der Waals surface area (Å²) in [6.07, 6.45) is -3.16. The molecule has 0 saturated heterocycles. The van der Waals surface area contributed by atoms with Gasteiger partial charge < -0.3 is 0 Å². The highest BCUT2D eigenvalue weighted by atomic mass is 79.9. The van der Waals surface area contributed by atoms with Crippen LogP contribution in [-0.2, 0) is 6.18 Å². The van der Waals surface area contributed by atoms with E-state index < -0.39 is 17.3 Å². The van der Waals surface area contributed by atoms with Crippen LogP contribution in [-0.4, -0.2) is 4.40 Å². The molecule has 16 heavy (non-hydrogen) atoms. The zero-order valence-electron chi connectivity index (χ0n) is 7.75. The third-order valence-electron chi connectivity index (χ3n) is 2.15. The standard InChI is InChI=1S/C10H5BrF3NO/c11-7-3-4-8-6(10(12,13)14)2-1-5-15(8)9(7)16/h1-5H. The zero-order chi connectivity index (χ0) is 11.9. The number of fused-ring (bicyclic) bond motifs is 1. The molecule has 2 nitrogen and oxygen atoms in total. The smallest absolute Gasteiger partial charge is 0.283 e. The quantitative estimate of drug-likeness (QED) is 0.731. The molecule has 0 unspecified atom stereocenters. The molecule has 0 amide bonds. The van der Waals surface area contributed by atoms with Gasteiger partial charge in [0, 0.05) is 6.20 Å². The van der Waals surface area contributed by atoms with Gasteiger partial charge in [0.25, 0.3) is 5.56 Å². The third-order valence-corrected chi connectivity index (χ3v) is 2.75. The molecule has 0 radical (unpaired) electrons. The van der Waals surface area contributed by atoms with Gasteiger partial charge in [-0.3, -0.25) is 9.20 Å². The van der Waals surface area contributed by atoms with E-state index in [1.807, 2.05) is 0 Å². The molecule has 0 N–H and O–H groups in total. The second-order valence-electron chi connectivity index (χ2n) is 3.16. The lowest BCUT2D eigenvalue weighted by Gasteiger charge is -2.10. The minimum Gasteiger partial charge on any atom is -0.283 e. The van der Waals surface area contributed by atoms with Gasteiger partial charge in [-0.25, -0.2) is 0 Å². The molecule has 0 aliphatic carbocycles. The first kappa shape index (κ1) is 11.2. The maximum absolute atomic E-state index is 12.6. The number of rotatable bonds is 0. The van der Waals surface area contributed by atoms with Gasteiger partial charge in [-0.05, 0) is 40.2 Å². The van der Waals surface area contributed by atoms with E-state index >= 15 is 0 Å². The lowest BCUT2D eigenvalue weighted by Crippen LogP contribution is -2.17. The van der Waals surface area contributed by atoms with Gasteiger partial charge >= 0.3 is 6.18 Å². The maximum Gasteiger partial charge on any atom is 0.418 e. The zero-order valence-corrected chi connectivity index (χ0v) is 9.34. The number of nitrogens with zero attached hydrogens (tertiary/aromatic N) is 1. The summed E-state index contributed by atoms with van der Waals surface area (Å²) >= 11 is 2.98. The SMILES string of the molecule is O=c1c(Br)ccc2c(C(F)(F)F)cccn12. The Morgan fingerprint density at radius 2 is 1.88 bits per heavy atom. The molecule has 84 valence electrons. The van der Waals surface area contributed by atoms with Crippen LogP contribution in [0.5, 0.6) is 0 Å². The van der Waals surface area contributed by atoms with Crippen molar-refractivity contribution in [1.82, 2.24) is 4.40 Å². The first-order valence-electron chi connectivity index (χ1n) is 4.28. The van der Waals surface area contributed by atoms with Crippen LogP contribution >= 0.6 is 15.9 Å². The minimum absolute atomic E-state index is 0.150. The summed E-state index contributed by atoms with van der Waals surface area (Å²) in [6, 6.07) is 4.72. The third kappa shape index (κ3) is 1.73. The van der Waals surface area contributed by atoms with E-state index in [0.29, 0.717) is 0 Å². The predicted octanol–water partition coefficient (Wildman–Crippen LogP) is 3.08. The lowest BCUT2D eigenvalue weighted by atomic mass is 10.2. The summed E-state index contributed by atoms with van der Waals surface area (Å²) in [7, 11) is 0. The molecular weight excluding hydrogens is 287 g/mol. The average molecular weight is 292 g/mol. The molecule has 2 heterocycles. The molecule has 0 fully saturated rings. The van der Waals surface area contributed by atoms with Crippen LogP contribution in [0.3, 0.4) is 0 Å². The van der Waals surface area contributed by atoms with E-state index in [0.717, 1.165) is 10.5 Å². The van der Waals surface area contributed by atoms with Crippen LogP contribution in [0.1, 0.15) is 5.56 Å². The number of pyridine rings is 2. The van der Waals surface area contributed by atoms with Crippen LogP contribution in [0.25, 0.3) is 5.52 Å².